The number of carbonyl (C=O) groups excluding carboxylic acids is 1. The SMILES string of the molecule is O=C(O)CN(Cc1csc2ccccc12)C(=O)OCC1c2ccccc2-c2ccccc21. The molecule has 1 amide bonds. The third-order valence-corrected chi connectivity index (χ3v) is 6.86. The van der Waals surface area contributed by atoms with Gasteiger partial charge in [-0.15, -0.1) is 11.3 Å². The van der Waals surface area contributed by atoms with E-state index in [1.807, 2.05) is 53.9 Å². The average molecular weight is 444 g/mol. The zero-order chi connectivity index (χ0) is 22.1. The zero-order valence-corrected chi connectivity index (χ0v) is 18.0. The summed E-state index contributed by atoms with van der Waals surface area (Å²) in [6.45, 7) is -0.0683. The topological polar surface area (TPSA) is 66.8 Å². The van der Waals surface area contributed by atoms with Crippen molar-refractivity contribution in [1.29, 1.82) is 0 Å². The van der Waals surface area contributed by atoms with E-state index < -0.39 is 18.6 Å². The molecule has 0 spiro atoms. The molecule has 1 aromatic heterocycles. The number of aliphatic carboxylic acids is 1. The van der Waals surface area contributed by atoms with Crippen molar-refractivity contribution < 1.29 is 19.4 Å². The van der Waals surface area contributed by atoms with Crippen LogP contribution in [-0.2, 0) is 16.1 Å². The van der Waals surface area contributed by atoms with Crippen molar-refractivity contribution in [3.05, 3.63) is 94.9 Å². The Morgan fingerprint density at radius 1 is 0.906 bits per heavy atom. The summed E-state index contributed by atoms with van der Waals surface area (Å²) in [5.41, 5.74) is 5.46. The van der Waals surface area contributed by atoms with Crippen LogP contribution in [0, 0.1) is 0 Å². The maximum atomic E-state index is 13.0. The smallest absolute Gasteiger partial charge is 0.410 e. The summed E-state index contributed by atoms with van der Waals surface area (Å²) in [5, 5.41) is 12.4. The molecule has 0 fully saturated rings. The highest BCUT2D eigenvalue weighted by molar-refractivity contribution is 7.17. The summed E-state index contributed by atoms with van der Waals surface area (Å²) in [6, 6.07) is 24.1. The lowest BCUT2D eigenvalue weighted by molar-refractivity contribution is -0.138. The minimum Gasteiger partial charge on any atom is -0.480 e. The summed E-state index contributed by atoms with van der Waals surface area (Å²) in [5.74, 6) is -1.14. The summed E-state index contributed by atoms with van der Waals surface area (Å²) >= 11 is 1.58. The van der Waals surface area contributed by atoms with Crippen LogP contribution in [0.4, 0.5) is 4.79 Å². The van der Waals surface area contributed by atoms with Gasteiger partial charge in [0, 0.05) is 10.6 Å². The quantitative estimate of drug-likeness (QED) is 0.413. The maximum Gasteiger partial charge on any atom is 0.410 e. The first-order chi connectivity index (χ1) is 15.6. The van der Waals surface area contributed by atoms with Gasteiger partial charge in [-0.3, -0.25) is 9.69 Å². The molecule has 3 aromatic carbocycles. The van der Waals surface area contributed by atoms with E-state index in [-0.39, 0.29) is 19.1 Å². The molecule has 0 atom stereocenters. The molecule has 0 radical (unpaired) electrons. The molecular weight excluding hydrogens is 422 g/mol. The number of nitrogens with zero attached hydrogens (tertiary/aromatic N) is 1. The largest absolute Gasteiger partial charge is 0.480 e. The molecule has 5 rings (SSSR count). The number of rotatable bonds is 6. The number of fused-ring (bicyclic) bond motifs is 4. The predicted molar refractivity (Wildman–Crippen MR) is 125 cm³/mol. The van der Waals surface area contributed by atoms with Crippen LogP contribution in [0.25, 0.3) is 21.2 Å². The van der Waals surface area contributed by atoms with Gasteiger partial charge >= 0.3 is 12.1 Å². The molecule has 6 heteroatoms. The molecular formula is C26H21NO4S. The van der Waals surface area contributed by atoms with E-state index >= 15 is 0 Å². The van der Waals surface area contributed by atoms with Gasteiger partial charge in [0.15, 0.2) is 0 Å². The van der Waals surface area contributed by atoms with Crippen molar-refractivity contribution in [1.82, 2.24) is 4.90 Å². The second-order valence-electron chi connectivity index (χ2n) is 7.81. The lowest BCUT2D eigenvalue weighted by Crippen LogP contribution is -2.36. The van der Waals surface area contributed by atoms with Crippen LogP contribution >= 0.6 is 11.3 Å². The summed E-state index contributed by atoms with van der Waals surface area (Å²) in [4.78, 5) is 25.7. The average Bonchev–Trinajstić information content (AvgIpc) is 3.36. The van der Waals surface area contributed by atoms with E-state index in [9.17, 15) is 14.7 Å². The number of ether oxygens (including phenoxy) is 1. The molecule has 0 saturated carbocycles. The first-order valence-electron chi connectivity index (χ1n) is 10.4. The van der Waals surface area contributed by atoms with Gasteiger partial charge < -0.3 is 9.84 Å². The van der Waals surface area contributed by atoms with Gasteiger partial charge in [0.05, 0.1) is 6.54 Å². The minimum absolute atomic E-state index is 0.0694. The Kier molecular flexibility index (Phi) is 5.37. The molecule has 0 saturated heterocycles. The van der Waals surface area contributed by atoms with Gasteiger partial charge in [-0.1, -0.05) is 66.7 Å². The Hall–Kier alpha value is -3.64. The van der Waals surface area contributed by atoms with Crippen LogP contribution < -0.4 is 0 Å². The van der Waals surface area contributed by atoms with Gasteiger partial charge in [-0.05, 0) is 44.6 Å². The highest BCUT2D eigenvalue weighted by Gasteiger charge is 2.30. The number of carboxylic acid groups (broad SMARTS) is 1. The van der Waals surface area contributed by atoms with E-state index in [0.29, 0.717) is 0 Å². The van der Waals surface area contributed by atoms with Crippen molar-refractivity contribution in [2.75, 3.05) is 13.2 Å². The first kappa shape index (κ1) is 20.3. The van der Waals surface area contributed by atoms with Gasteiger partial charge in [0.2, 0.25) is 0 Å². The highest BCUT2D eigenvalue weighted by atomic mass is 32.1. The molecule has 32 heavy (non-hydrogen) atoms. The Labute approximate surface area is 189 Å². The molecule has 0 unspecified atom stereocenters. The number of carbonyl (C=O) groups is 2. The second kappa shape index (κ2) is 8.48. The van der Waals surface area contributed by atoms with Crippen LogP contribution in [0.2, 0.25) is 0 Å². The fraction of sp³-hybridized carbons (Fsp3) is 0.154. The normalized spacial score (nSPS) is 12.4. The van der Waals surface area contributed by atoms with Crippen molar-refractivity contribution in [3.63, 3.8) is 0 Å². The molecule has 1 N–H and O–H groups in total. The fourth-order valence-corrected chi connectivity index (χ4v) is 5.35. The number of hydrogen-bond acceptors (Lipinski definition) is 4. The van der Waals surface area contributed by atoms with E-state index in [0.717, 1.165) is 37.9 Å². The van der Waals surface area contributed by atoms with Crippen molar-refractivity contribution in [3.8, 4) is 11.1 Å². The van der Waals surface area contributed by atoms with Crippen molar-refractivity contribution >= 4 is 33.5 Å². The molecule has 1 heterocycles. The lowest BCUT2D eigenvalue weighted by Gasteiger charge is -2.22. The number of benzene rings is 3. The maximum absolute atomic E-state index is 13.0. The standard InChI is InChI=1S/C26H21NO4S/c28-25(29)14-27(13-17-16-32-24-12-6-5-7-18(17)24)26(30)31-15-23-21-10-3-1-8-19(21)20-9-2-4-11-22(20)23/h1-12,16,23H,13-15H2,(H,28,29). The second-order valence-corrected chi connectivity index (χ2v) is 8.72. The monoisotopic (exact) mass is 443 g/mol. The number of carboxylic acids is 1. The molecule has 1 aliphatic rings. The number of hydrogen-bond donors (Lipinski definition) is 1. The Morgan fingerprint density at radius 3 is 2.22 bits per heavy atom. The van der Waals surface area contributed by atoms with Gasteiger partial charge in [-0.2, -0.15) is 0 Å². The summed E-state index contributed by atoms with van der Waals surface area (Å²) in [6.07, 6.45) is -0.621. The van der Waals surface area contributed by atoms with Gasteiger partial charge in [0.1, 0.15) is 13.2 Å². The molecule has 1 aliphatic carbocycles. The molecule has 5 nitrogen and oxygen atoms in total. The van der Waals surface area contributed by atoms with Gasteiger partial charge in [0.25, 0.3) is 0 Å². The van der Waals surface area contributed by atoms with Gasteiger partial charge in [-0.25, -0.2) is 4.79 Å². The lowest BCUT2D eigenvalue weighted by atomic mass is 9.98. The molecule has 4 aromatic rings. The van der Waals surface area contributed by atoms with Crippen LogP contribution in [0.1, 0.15) is 22.6 Å². The minimum atomic E-state index is -1.07. The number of thiophene rings is 1. The van der Waals surface area contributed by atoms with Crippen molar-refractivity contribution in [2.24, 2.45) is 0 Å². The third kappa shape index (κ3) is 3.74. The van der Waals surface area contributed by atoms with Crippen LogP contribution in [-0.4, -0.2) is 35.2 Å². The molecule has 0 bridgehead atoms. The number of amides is 1. The first-order valence-corrected chi connectivity index (χ1v) is 11.3. The van der Waals surface area contributed by atoms with Crippen LogP contribution in [0.5, 0.6) is 0 Å². The fourth-order valence-electron chi connectivity index (χ4n) is 4.39. The summed E-state index contributed by atoms with van der Waals surface area (Å²) in [7, 11) is 0. The van der Waals surface area contributed by atoms with Crippen LogP contribution in [0.15, 0.2) is 78.2 Å². The van der Waals surface area contributed by atoms with Crippen LogP contribution in [0.3, 0.4) is 0 Å². The Balaban J connectivity index is 1.36. The van der Waals surface area contributed by atoms with E-state index in [1.165, 1.54) is 4.90 Å². The molecule has 160 valence electrons. The van der Waals surface area contributed by atoms with Crippen molar-refractivity contribution in [2.45, 2.75) is 12.5 Å². The zero-order valence-electron chi connectivity index (χ0n) is 17.2. The van der Waals surface area contributed by atoms with E-state index in [4.69, 9.17) is 4.74 Å². The Morgan fingerprint density at radius 2 is 1.53 bits per heavy atom. The Bertz CT molecular complexity index is 1270. The van der Waals surface area contributed by atoms with E-state index in [2.05, 4.69) is 24.3 Å². The predicted octanol–water partition coefficient (Wildman–Crippen LogP) is 5.74. The third-order valence-electron chi connectivity index (χ3n) is 5.84. The van der Waals surface area contributed by atoms with E-state index in [1.54, 1.807) is 11.3 Å². The molecule has 0 aliphatic heterocycles. The summed E-state index contributed by atoms with van der Waals surface area (Å²) < 4.78 is 6.79. The highest BCUT2D eigenvalue weighted by Crippen LogP contribution is 2.44.